The Balaban J connectivity index is 2.30. The van der Waals surface area contributed by atoms with E-state index in [0.717, 1.165) is 36.5 Å². The molecule has 0 aliphatic carbocycles. The summed E-state index contributed by atoms with van der Waals surface area (Å²) in [5.41, 5.74) is 7.20. The van der Waals surface area contributed by atoms with Crippen LogP contribution >= 0.6 is 0 Å². The molecule has 0 fully saturated rings. The van der Waals surface area contributed by atoms with Crippen LogP contribution in [-0.4, -0.2) is 31.5 Å². The van der Waals surface area contributed by atoms with E-state index in [1.807, 2.05) is 18.2 Å². The van der Waals surface area contributed by atoms with Gasteiger partial charge in [-0.1, -0.05) is 6.92 Å². The lowest BCUT2D eigenvalue weighted by Crippen LogP contribution is -2.38. The highest BCUT2D eigenvalue weighted by molar-refractivity contribution is 5.97. The summed E-state index contributed by atoms with van der Waals surface area (Å²) >= 11 is 0. The third-order valence-corrected chi connectivity index (χ3v) is 3.29. The molecule has 0 aromatic heterocycles. The van der Waals surface area contributed by atoms with E-state index in [1.54, 1.807) is 0 Å². The number of nitrogens with zero attached hydrogens (tertiary/aromatic N) is 1. The van der Waals surface area contributed by atoms with Gasteiger partial charge in [-0.05, 0) is 38.1 Å². The maximum absolute atomic E-state index is 11.9. The Morgan fingerprint density at radius 2 is 2.32 bits per heavy atom. The third kappa shape index (κ3) is 3.07. The SMILES string of the molecule is CCCN1CC(C)Oc2ccc(C(=O)CCN)cc21. The highest BCUT2D eigenvalue weighted by atomic mass is 16.5. The Morgan fingerprint density at radius 3 is 3.00 bits per heavy atom. The molecule has 0 radical (unpaired) electrons. The average molecular weight is 262 g/mol. The van der Waals surface area contributed by atoms with Crippen LogP contribution in [0.25, 0.3) is 0 Å². The summed E-state index contributed by atoms with van der Waals surface area (Å²) in [4.78, 5) is 14.2. The molecular weight excluding hydrogens is 240 g/mol. The lowest BCUT2D eigenvalue weighted by Gasteiger charge is -2.35. The molecule has 1 aliphatic heterocycles. The van der Waals surface area contributed by atoms with Gasteiger partial charge < -0.3 is 15.4 Å². The molecule has 1 unspecified atom stereocenters. The van der Waals surface area contributed by atoms with Gasteiger partial charge in [-0.2, -0.15) is 0 Å². The third-order valence-electron chi connectivity index (χ3n) is 3.29. The number of ether oxygens (including phenoxy) is 1. The number of anilines is 1. The van der Waals surface area contributed by atoms with Gasteiger partial charge in [0.2, 0.25) is 0 Å². The van der Waals surface area contributed by atoms with Crippen LogP contribution in [0.15, 0.2) is 18.2 Å². The first kappa shape index (κ1) is 13.9. The summed E-state index contributed by atoms with van der Waals surface area (Å²) in [5.74, 6) is 0.969. The minimum absolute atomic E-state index is 0.0976. The first-order valence-corrected chi connectivity index (χ1v) is 6.94. The number of hydrogen-bond acceptors (Lipinski definition) is 4. The number of nitrogens with two attached hydrogens (primary N) is 1. The van der Waals surface area contributed by atoms with Gasteiger partial charge in [0.05, 0.1) is 12.2 Å². The van der Waals surface area contributed by atoms with Crippen LogP contribution in [0.4, 0.5) is 5.69 Å². The van der Waals surface area contributed by atoms with Crippen LogP contribution in [0.2, 0.25) is 0 Å². The van der Waals surface area contributed by atoms with Crippen LogP contribution in [0.5, 0.6) is 5.75 Å². The number of Topliss-reactive ketones (excluding diaryl/α,β-unsaturated/α-hetero) is 1. The molecule has 1 heterocycles. The van der Waals surface area contributed by atoms with Crippen molar-refractivity contribution in [3.05, 3.63) is 23.8 Å². The van der Waals surface area contributed by atoms with Gasteiger partial charge >= 0.3 is 0 Å². The Kier molecular flexibility index (Phi) is 4.43. The van der Waals surface area contributed by atoms with Gasteiger partial charge in [-0.3, -0.25) is 4.79 Å². The zero-order valence-electron chi connectivity index (χ0n) is 11.7. The number of rotatable bonds is 5. The Labute approximate surface area is 114 Å². The predicted molar refractivity (Wildman–Crippen MR) is 77.0 cm³/mol. The molecule has 19 heavy (non-hydrogen) atoms. The number of hydrogen-bond donors (Lipinski definition) is 1. The smallest absolute Gasteiger partial charge is 0.164 e. The lowest BCUT2D eigenvalue weighted by atomic mass is 10.1. The van der Waals surface area contributed by atoms with E-state index in [-0.39, 0.29) is 11.9 Å². The quantitative estimate of drug-likeness (QED) is 0.827. The first-order chi connectivity index (χ1) is 9.15. The zero-order chi connectivity index (χ0) is 13.8. The van der Waals surface area contributed by atoms with Crippen molar-refractivity contribution in [2.24, 2.45) is 5.73 Å². The molecule has 0 spiro atoms. The van der Waals surface area contributed by atoms with E-state index < -0.39 is 0 Å². The van der Waals surface area contributed by atoms with E-state index in [2.05, 4.69) is 18.7 Å². The number of carbonyl (C=O) groups excluding carboxylic acids is 1. The summed E-state index contributed by atoms with van der Waals surface area (Å²) in [6, 6.07) is 5.67. The van der Waals surface area contributed by atoms with Crippen LogP contribution in [0.3, 0.4) is 0 Å². The second-order valence-electron chi connectivity index (χ2n) is 5.02. The number of carbonyl (C=O) groups is 1. The van der Waals surface area contributed by atoms with Gasteiger partial charge in [0.15, 0.2) is 5.78 Å². The van der Waals surface area contributed by atoms with Gasteiger partial charge in [-0.25, -0.2) is 0 Å². The molecule has 0 saturated heterocycles. The molecule has 4 nitrogen and oxygen atoms in total. The Bertz CT molecular complexity index is 459. The number of fused-ring (bicyclic) bond motifs is 1. The van der Waals surface area contributed by atoms with Crippen LogP contribution in [0, 0.1) is 0 Å². The molecule has 2 rings (SSSR count). The zero-order valence-corrected chi connectivity index (χ0v) is 11.7. The molecule has 4 heteroatoms. The molecule has 0 bridgehead atoms. The minimum atomic E-state index is 0.0976. The van der Waals surface area contributed by atoms with Crippen LogP contribution < -0.4 is 15.4 Å². The van der Waals surface area contributed by atoms with E-state index in [0.29, 0.717) is 13.0 Å². The topological polar surface area (TPSA) is 55.6 Å². The molecule has 104 valence electrons. The summed E-state index contributed by atoms with van der Waals surface area (Å²) in [7, 11) is 0. The molecule has 2 N–H and O–H groups in total. The fourth-order valence-electron chi connectivity index (χ4n) is 2.46. The lowest BCUT2D eigenvalue weighted by molar-refractivity contribution is 0.0985. The second-order valence-corrected chi connectivity index (χ2v) is 5.02. The minimum Gasteiger partial charge on any atom is -0.487 e. The van der Waals surface area contributed by atoms with Crippen molar-refractivity contribution in [3.63, 3.8) is 0 Å². The van der Waals surface area contributed by atoms with Crippen LogP contribution in [0.1, 0.15) is 37.0 Å². The van der Waals surface area contributed by atoms with Crippen molar-refractivity contribution in [2.45, 2.75) is 32.8 Å². The largest absolute Gasteiger partial charge is 0.487 e. The summed E-state index contributed by atoms with van der Waals surface area (Å²) in [5, 5.41) is 0. The standard InChI is InChI=1S/C15H22N2O2/c1-3-8-17-10-11(2)19-15-5-4-12(9-13(15)17)14(18)6-7-16/h4-5,9,11H,3,6-8,10,16H2,1-2H3. The van der Waals surface area contributed by atoms with Crippen molar-refractivity contribution in [1.82, 2.24) is 0 Å². The molecule has 1 atom stereocenters. The summed E-state index contributed by atoms with van der Waals surface area (Å²) in [6.45, 7) is 6.47. The van der Waals surface area contributed by atoms with Gasteiger partial charge in [0, 0.05) is 18.5 Å². The summed E-state index contributed by atoms with van der Waals surface area (Å²) < 4.78 is 5.83. The van der Waals surface area contributed by atoms with E-state index in [9.17, 15) is 4.79 Å². The number of ketones is 1. The van der Waals surface area contributed by atoms with Crippen LogP contribution in [-0.2, 0) is 0 Å². The maximum atomic E-state index is 11.9. The second kappa shape index (κ2) is 6.06. The fraction of sp³-hybridized carbons (Fsp3) is 0.533. The maximum Gasteiger partial charge on any atom is 0.164 e. The van der Waals surface area contributed by atoms with E-state index in [1.165, 1.54) is 0 Å². The number of benzene rings is 1. The molecular formula is C15H22N2O2. The Hall–Kier alpha value is -1.55. The van der Waals surface area contributed by atoms with Gasteiger partial charge in [0.1, 0.15) is 11.9 Å². The average Bonchev–Trinajstić information content (AvgIpc) is 2.38. The van der Waals surface area contributed by atoms with E-state index in [4.69, 9.17) is 10.5 Å². The monoisotopic (exact) mass is 262 g/mol. The van der Waals surface area contributed by atoms with E-state index >= 15 is 0 Å². The van der Waals surface area contributed by atoms with Crippen molar-refractivity contribution < 1.29 is 9.53 Å². The van der Waals surface area contributed by atoms with Crippen molar-refractivity contribution in [2.75, 3.05) is 24.5 Å². The van der Waals surface area contributed by atoms with Gasteiger partial charge in [0.25, 0.3) is 0 Å². The summed E-state index contributed by atoms with van der Waals surface area (Å²) in [6.07, 6.45) is 1.65. The highest BCUT2D eigenvalue weighted by Crippen LogP contribution is 2.34. The van der Waals surface area contributed by atoms with Crippen molar-refractivity contribution in [1.29, 1.82) is 0 Å². The molecule has 0 amide bonds. The van der Waals surface area contributed by atoms with Gasteiger partial charge in [-0.15, -0.1) is 0 Å². The first-order valence-electron chi connectivity index (χ1n) is 6.94. The van der Waals surface area contributed by atoms with Crippen molar-refractivity contribution in [3.8, 4) is 5.75 Å². The highest BCUT2D eigenvalue weighted by Gasteiger charge is 2.23. The Morgan fingerprint density at radius 1 is 1.53 bits per heavy atom. The predicted octanol–water partition coefficient (Wildman–Crippen LogP) is 2.22. The van der Waals surface area contributed by atoms with Crippen molar-refractivity contribution >= 4 is 11.5 Å². The molecule has 1 aromatic carbocycles. The molecule has 0 saturated carbocycles. The molecule has 1 aliphatic rings. The normalized spacial score (nSPS) is 17.8. The molecule has 1 aromatic rings. The fourth-order valence-corrected chi connectivity index (χ4v) is 2.46.